The number of sulfonamides is 1. The lowest BCUT2D eigenvalue weighted by Gasteiger charge is -2.15. The van der Waals surface area contributed by atoms with Gasteiger partial charge in [0.25, 0.3) is 5.91 Å². The first kappa shape index (κ1) is 20.2. The zero-order valence-corrected chi connectivity index (χ0v) is 16.3. The van der Waals surface area contributed by atoms with Crippen molar-refractivity contribution in [2.45, 2.75) is 24.3 Å². The molecule has 1 fully saturated rings. The molecule has 28 heavy (non-hydrogen) atoms. The van der Waals surface area contributed by atoms with Crippen molar-refractivity contribution in [3.8, 4) is 5.75 Å². The molecule has 3 rings (SSSR count). The van der Waals surface area contributed by atoms with E-state index in [1.807, 2.05) is 0 Å². The van der Waals surface area contributed by atoms with E-state index in [0.717, 1.165) is 0 Å². The average Bonchev–Trinajstić information content (AvgIpc) is 3.15. The molecule has 0 saturated carbocycles. The second-order valence-electron chi connectivity index (χ2n) is 6.46. The first-order valence-electron chi connectivity index (χ1n) is 8.66. The molecule has 150 valence electrons. The topological polar surface area (TPSA) is 93.7 Å². The molecule has 1 aliphatic heterocycles. The fourth-order valence-corrected chi connectivity index (χ4v) is 4.18. The van der Waals surface area contributed by atoms with Gasteiger partial charge in [-0.3, -0.25) is 4.79 Å². The van der Waals surface area contributed by atoms with Crippen molar-refractivity contribution >= 4 is 21.6 Å². The normalized spacial score (nSPS) is 16.8. The third-order valence-electron chi connectivity index (χ3n) is 4.41. The first-order chi connectivity index (χ1) is 13.3. The molecule has 2 aromatic carbocycles. The van der Waals surface area contributed by atoms with Gasteiger partial charge in [-0.1, -0.05) is 0 Å². The molecular weight excluding hydrogens is 387 g/mol. The summed E-state index contributed by atoms with van der Waals surface area (Å²) in [6.07, 6.45) is 0.590. The zero-order chi connectivity index (χ0) is 20.3. The van der Waals surface area contributed by atoms with Crippen molar-refractivity contribution in [3.63, 3.8) is 0 Å². The van der Waals surface area contributed by atoms with Gasteiger partial charge in [0.15, 0.2) is 0 Å². The Bertz CT molecular complexity index is 988. The van der Waals surface area contributed by atoms with E-state index in [1.165, 1.54) is 43.5 Å². The minimum atomic E-state index is -3.83. The predicted octanol–water partition coefficient (Wildman–Crippen LogP) is 2.46. The van der Waals surface area contributed by atoms with E-state index in [4.69, 9.17) is 9.47 Å². The lowest BCUT2D eigenvalue weighted by Crippen LogP contribution is -2.35. The predicted molar refractivity (Wildman–Crippen MR) is 102 cm³/mol. The van der Waals surface area contributed by atoms with E-state index in [9.17, 15) is 17.6 Å². The van der Waals surface area contributed by atoms with Crippen LogP contribution in [0, 0.1) is 12.7 Å². The van der Waals surface area contributed by atoms with Crippen molar-refractivity contribution in [2.24, 2.45) is 0 Å². The molecule has 0 unspecified atom stereocenters. The van der Waals surface area contributed by atoms with Gasteiger partial charge in [-0.25, -0.2) is 17.5 Å². The van der Waals surface area contributed by atoms with Crippen molar-refractivity contribution < 1.29 is 27.1 Å². The number of ether oxygens (including phenoxy) is 2. The summed E-state index contributed by atoms with van der Waals surface area (Å²) in [5, 5.41) is 2.66. The standard InChI is InChI=1S/C19H21FN2O5S/c1-12-9-13(20)3-5-17(12)21-19(23)16-10-15(4-6-18(16)26-2)28(24,25)22-14-7-8-27-11-14/h3-6,9-10,14,22H,7-8,11H2,1-2H3,(H,21,23)/t14-/m0/s1. The average molecular weight is 408 g/mol. The maximum atomic E-state index is 13.3. The number of amides is 1. The molecule has 0 aliphatic carbocycles. The van der Waals surface area contributed by atoms with Crippen LogP contribution >= 0.6 is 0 Å². The van der Waals surface area contributed by atoms with Crippen LogP contribution in [0.4, 0.5) is 10.1 Å². The Balaban J connectivity index is 1.88. The van der Waals surface area contributed by atoms with E-state index in [0.29, 0.717) is 30.9 Å². The third-order valence-corrected chi connectivity index (χ3v) is 5.93. The molecule has 0 spiro atoms. The number of rotatable bonds is 6. The number of hydrogen-bond acceptors (Lipinski definition) is 5. The maximum absolute atomic E-state index is 13.3. The molecule has 0 bridgehead atoms. The van der Waals surface area contributed by atoms with Crippen molar-refractivity contribution in [1.29, 1.82) is 0 Å². The van der Waals surface area contributed by atoms with Gasteiger partial charge < -0.3 is 14.8 Å². The second kappa shape index (κ2) is 8.26. The lowest BCUT2D eigenvalue weighted by molar-refractivity contribution is 0.102. The van der Waals surface area contributed by atoms with Crippen LogP contribution in [0.2, 0.25) is 0 Å². The minimum absolute atomic E-state index is 0.0526. The molecule has 1 heterocycles. The zero-order valence-electron chi connectivity index (χ0n) is 15.5. The maximum Gasteiger partial charge on any atom is 0.259 e. The van der Waals surface area contributed by atoms with Crippen LogP contribution in [-0.4, -0.2) is 40.7 Å². The monoisotopic (exact) mass is 408 g/mol. The van der Waals surface area contributed by atoms with Crippen molar-refractivity contribution in [2.75, 3.05) is 25.6 Å². The van der Waals surface area contributed by atoms with Crippen LogP contribution in [0.1, 0.15) is 22.3 Å². The SMILES string of the molecule is COc1ccc(S(=O)(=O)N[C@H]2CCOC2)cc1C(=O)Nc1ccc(F)cc1C. The van der Waals surface area contributed by atoms with E-state index in [1.54, 1.807) is 6.92 Å². The number of aryl methyl sites for hydroxylation is 1. The summed E-state index contributed by atoms with van der Waals surface area (Å²) < 4.78 is 51.5. The Morgan fingerprint density at radius 3 is 2.68 bits per heavy atom. The van der Waals surface area contributed by atoms with Gasteiger partial charge in [0.05, 0.1) is 24.2 Å². The van der Waals surface area contributed by atoms with Gasteiger partial charge >= 0.3 is 0 Å². The first-order valence-corrected chi connectivity index (χ1v) is 10.1. The molecule has 7 nitrogen and oxygen atoms in total. The molecule has 0 radical (unpaired) electrons. The van der Waals surface area contributed by atoms with Gasteiger partial charge in [-0.2, -0.15) is 0 Å². The number of anilines is 1. The van der Waals surface area contributed by atoms with Gasteiger partial charge in [0.1, 0.15) is 11.6 Å². The van der Waals surface area contributed by atoms with E-state index in [-0.39, 0.29) is 22.3 Å². The number of benzene rings is 2. The van der Waals surface area contributed by atoms with Gasteiger partial charge in [-0.15, -0.1) is 0 Å². The van der Waals surface area contributed by atoms with Crippen molar-refractivity contribution in [3.05, 3.63) is 53.3 Å². The molecular formula is C19H21FN2O5S. The van der Waals surface area contributed by atoms with Crippen LogP contribution in [0.5, 0.6) is 5.75 Å². The number of hydrogen-bond donors (Lipinski definition) is 2. The van der Waals surface area contributed by atoms with Gasteiger partial charge in [-0.05, 0) is 55.3 Å². The molecule has 1 aliphatic rings. The number of halogens is 1. The van der Waals surface area contributed by atoms with Crippen molar-refractivity contribution in [1.82, 2.24) is 4.72 Å². The fraction of sp³-hybridized carbons (Fsp3) is 0.316. The van der Waals surface area contributed by atoms with E-state index >= 15 is 0 Å². The summed E-state index contributed by atoms with van der Waals surface area (Å²) in [5.41, 5.74) is 1.01. The Labute approximate surface area is 162 Å². The summed E-state index contributed by atoms with van der Waals surface area (Å²) in [6.45, 7) is 2.47. The van der Waals surface area contributed by atoms with Crippen LogP contribution in [0.25, 0.3) is 0 Å². The number of carbonyl (C=O) groups is 1. The highest BCUT2D eigenvalue weighted by molar-refractivity contribution is 7.89. The molecule has 9 heteroatoms. The molecule has 1 amide bonds. The fourth-order valence-electron chi connectivity index (χ4n) is 2.90. The van der Waals surface area contributed by atoms with E-state index < -0.39 is 21.7 Å². The molecule has 1 atom stereocenters. The molecule has 2 N–H and O–H groups in total. The molecule has 1 saturated heterocycles. The van der Waals surface area contributed by atoms with Crippen LogP contribution in [-0.2, 0) is 14.8 Å². The summed E-state index contributed by atoms with van der Waals surface area (Å²) in [5.74, 6) is -0.753. The largest absolute Gasteiger partial charge is 0.496 e. The Morgan fingerprint density at radius 2 is 2.04 bits per heavy atom. The Morgan fingerprint density at radius 1 is 1.25 bits per heavy atom. The summed E-state index contributed by atoms with van der Waals surface area (Å²) in [6, 6.07) is 7.72. The minimum Gasteiger partial charge on any atom is -0.496 e. The highest BCUT2D eigenvalue weighted by Gasteiger charge is 2.25. The lowest BCUT2D eigenvalue weighted by atomic mass is 10.1. The smallest absolute Gasteiger partial charge is 0.259 e. The quantitative estimate of drug-likeness (QED) is 0.766. The highest BCUT2D eigenvalue weighted by atomic mass is 32.2. The molecule has 2 aromatic rings. The number of carbonyl (C=O) groups excluding carboxylic acids is 1. The number of nitrogens with one attached hydrogen (secondary N) is 2. The van der Waals surface area contributed by atoms with Crippen LogP contribution in [0.15, 0.2) is 41.3 Å². The Kier molecular flexibility index (Phi) is 5.97. The summed E-state index contributed by atoms with van der Waals surface area (Å²) in [7, 11) is -2.44. The second-order valence-corrected chi connectivity index (χ2v) is 8.17. The molecule has 0 aromatic heterocycles. The van der Waals surface area contributed by atoms with Crippen LogP contribution < -0.4 is 14.8 Å². The Hall–Kier alpha value is -2.49. The van der Waals surface area contributed by atoms with Gasteiger partial charge in [0, 0.05) is 18.3 Å². The number of methoxy groups -OCH3 is 1. The van der Waals surface area contributed by atoms with Crippen LogP contribution in [0.3, 0.4) is 0 Å². The third kappa shape index (κ3) is 4.49. The highest BCUT2D eigenvalue weighted by Crippen LogP contribution is 2.25. The summed E-state index contributed by atoms with van der Waals surface area (Å²) >= 11 is 0. The van der Waals surface area contributed by atoms with Gasteiger partial charge in [0.2, 0.25) is 10.0 Å². The van der Waals surface area contributed by atoms with E-state index in [2.05, 4.69) is 10.0 Å². The summed E-state index contributed by atoms with van der Waals surface area (Å²) in [4.78, 5) is 12.7.